The average molecular weight is 460 g/mol. The van der Waals surface area contributed by atoms with E-state index in [1.165, 1.54) is 19.3 Å². The van der Waals surface area contributed by atoms with E-state index < -0.39 is 12.0 Å². The maximum absolute atomic E-state index is 13.2. The predicted octanol–water partition coefficient (Wildman–Crippen LogP) is 5.05. The van der Waals surface area contributed by atoms with Gasteiger partial charge in [0.1, 0.15) is 6.04 Å². The second-order valence-electron chi connectivity index (χ2n) is 8.95. The standard InChI is InChI=1S/C26H41N3O4/c1-3-5-7-9-10-14-18-29-23(24(30)27-17-13-8-6-4-2)20-28(26(29)33)19-21-15-11-12-16-22(21)25(31)32/h11-12,15-16,23H,3-10,13-14,17-20H2,1-2H3,(H,27,30)(H,31,32). The molecule has 7 heteroatoms. The molecule has 1 aliphatic heterocycles. The lowest BCUT2D eigenvalue weighted by Gasteiger charge is -2.22. The van der Waals surface area contributed by atoms with Crippen molar-refractivity contribution in [1.29, 1.82) is 0 Å². The first kappa shape index (κ1) is 26.7. The molecule has 0 bridgehead atoms. The van der Waals surface area contributed by atoms with Gasteiger partial charge in [-0.05, 0) is 24.5 Å². The first-order chi connectivity index (χ1) is 16.0. The third-order valence-corrected chi connectivity index (χ3v) is 6.28. The number of nitrogens with one attached hydrogen (secondary N) is 1. The van der Waals surface area contributed by atoms with Gasteiger partial charge in [0.25, 0.3) is 0 Å². The van der Waals surface area contributed by atoms with Gasteiger partial charge in [-0.3, -0.25) is 4.79 Å². The van der Waals surface area contributed by atoms with Crippen LogP contribution in [-0.2, 0) is 11.3 Å². The molecule has 33 heavy (non-hydrogen) atoms. The van der Waals surface area contributed by atoms with E-state index in [1.54, 1.807) is 34.1 Å². The van der Waals surface area contributed by atoms with Crippen LogP contribution in [0, 0.1) is 0 Å². The minimum atomic E-state index is -1.01. The molecule has 184 valence electrons. The first-order valence-electron chi connectivity index (χ1n) is 12.6. The molecule has 1 heterocycles. The first-order valence-corrected chi connectivity index (χ1v) is 12.6. The Morgan fingerprint density at radius 1 is 0.970 bits per heavy atom. The molecule has 0 radical (unpaired) electrons. The minimum Gasteiger partial charge on any atom is -0.478 e. The number of amides is 3. The van der Waals surface area contributed by atoms with Crippen molar-refractivity contribution in [2.75, 3.05) is 19.6 Å². The van der Waals surface area contributed by atoms with E-state index in [-0.39, 0.29) is 30.6 Å². The van der Waals surface area contributed by atoms with Crippen LogP contribution >= 0.6 is 0 Å². The van der Waals surface area contributed by atoms with Gasteiger partial charge in [0.2, 0.25) is 5.91 Å². The SMILES string of the molecule is CCCCCCCCN1C(=O)N(Cc2ccccc2C(=O)O)CC1C(=O)NCCCCCC. The van der Waals surface area contributed by atoms with Crippen LogP contribution in [0.25, 0.3) is 0 Å². The number of carbonyl (C=O) groups is 3. The monoisotopic (exact) mass is 459 g/mol. The highest BCUT2D eigenvalue weighted by molar-refractivity contribution is 5.91. The zero-order valence-corrected chi connectivity index (χ0v) is 20.4. The molecule has 1 fully saturated rings. The molecule has 1 aliphatic rings. The quantitative estimate of drug-likeness (QED) is 0.339. The molecule has 1 aromatic carbocycles. The predicted molar refractivity (Wildman–Crippen MR) is 130 cm³/mol. The van der Waals surface area contributed by atoms with Crippen LogP contribution in [0.1, 0.15) is 94.0 Å². The number of nitrogens with zero attached hydrogens (tertiary/aromatic N) is 2. The van der Waals surface area contributed by atoms with Gasteiger partial charge < -0.3 is 20.2 Å². The summed E-state index contributed by atoms with van der Waals surface area (Å²) in [5, 5.41) is 12.5. The molecule has 2 rings (SSSR count). The summed E-state index contributed by atoms with van der Waals surface area (Å²) in [6.07, 6.45) is 11.0. The zero-order chi connectivity index (χ0) is 24.1. The molecule has 2 N–H and O–H groups in total. The van der Waals surface area contributed by atoms with E-state index in [2.05, 4.69) is 19.2 Å². The maximum Gasteiger partial charge on any atom is 0.336 e. The van der Waals surface area contributed by atoms with Crippen LogP contribution in [0.15, 0.2) is 24.3 Å². The van der Waals surface area contributed by atoms with Crippen LogP contribution in [0.4, 0.5) is 4.79 Å². The van der Waals surface area contributed by atoms with E-state index in [0.717, 1.165) is 44.9 Å². The molecule has 0 saturated carbocycles. The summed E-state index contributed by atoms with van der Waals surface area (Å²) in [5.41, 5.74) is 0.773. The number of urea groups is 1. The number of hydrogen-bond acceptors (Lipinski definition) is 3. The summed E-state index contributed by atoms with van der Waals surface area (Å²) in [6.45, 7) is 5.98. The fourth-order valence-electron chi connectivity index (χ4n) is 4.32. The van der Waals surface area contributed by atoms with Crippen molar-refractivity contribution in [3.8, 4) is 0 Å². The fraction of sp³-hybridized carbons (Fsp3) is 0.654. The molecule has 0 aliphatic carbocycles. The molecule has 3 amide bonds. The second kappa shape index (κ2) is 14.6. The second-order valence-corrected chi connectivity index (χ2v) is 8.95. The number of hydrogen-bond donors (Lipinski definition) is 2. The average Bonchev–Trinajstić information content (AvgIpc) is 3.11. The van der Waals surface area contributed by atoms with Gasteiger partial charge in [0, 0.05) is 19.6 Å². The number of carboxylic acids is 1. The largest absolute Gasteiger partial charge is 0.478 e. The van der Waals surface area contributed by atoms with Gasteiger partial charge in [-0.2, -0.15) is 0 Å². The highest BCUT2D eigenvalue weighted by Gasteiger charge is 2.41. The summed E-state index contributed by atoms with van der Waals surface area (Å²) in [6, 6.07) is 6.02. The van der Waals surface area contributed by atoms with Crippen molar-refractivity contribution >= 4 is 17.9 Å². The van der Waals surface area contributed by atoms with Crippen LogP contribution in [0.5, 0.6) is 0 Å². The van der Waals surface area contributed by atoms with Gasteiger partial charge in [0.15, 0.2) is 0 Å². The normalized spacial score (nSPS) is 15.8. The van der Waals surface area contributed by atoms with E-state index in [0.29, 0.717) is 18.7 Å². The van der Waals surface area contributed by atoms with Gasteiger partial charge in [0.05, 0.1) is 12.1 Å². The minimum absolute atomic E-state index is 0.111. The van der Waals surface area contributed by atoms with Crippen molar-refractivity contribution in [2.45, 2.75) is 90.6 Å². The Kier molecular flexibility index (Phi) is 11.8. The summed E-state index contributed by atoms with van der Waals surface area (Å²) in [7, 11) is 0. The summed E-state index contributed by atoms with van der Waals surface area (Å²) < 4.78 is 0. The molecule has 0 spiro atoms. The van der Waals surface area contributed by atoms with E-state index >= 15 is 0 Å². The Hall–Kier alpha value is -2.57. The Labute approximate surface area is 198 Å². The molecule has 1 unspecified atom stereocenters. The van der Waals surface area contributed by atoms with Crippen molar-refractivity contribution < 1.29 is 19.5 Å². The molecule has 1 aromatic rings. The molecule has 1 saturated heterocycles. The number of aromatic carboxylic acids is 1. The van der Waals surface area contributed by atoms with Crippen LogP contribution in [-0.4, -0.2) is 58.5 Å². The Balaban J connectivity index is 2.03. The van der Waals surface area contributed by atoms with Crippen LogP contribution in [0.2, 0.25) is 0 Å². The van der Waals surface area contributed by atoms with Crippen molar-refractivity contribution in [2.24, 2.45) is 0 Å². The highest BCUT2D eigenvalue weighted by Crippen LogP contribution is 2.22. The Morgan fingerprint density at radius 3 is 2.30 bits per heavy atom. The van der Waals surface area contributed by atoms with Crippen molar-refractivity contribution in [3.05, 3.63) is 35.4 Å². The van der Waals surface area contributed by atoms with Crippen molar-refractivity contribution in [3.63, 3.8) is 0 Å². The summed E-state index contributed by atoms with van der Waals surface area (Å²) in [5.74, 6) is -1.12. The van der Waals surface area contributed by atoms with Gasteiger partial charge in [-0.1, -0.05) is 83.4 Å². The topological polar surface area (TPSA) is 90.0 Å². The number of rotatable bonds is 16. The third kappa shape index (κ3) is 8.37. The van der Waals surface area contributed by atoms with Crippen LogP contribution < -0.4 is 5.32 Å². The summed E-state index contributed by atoms with van der Waals surface area (Å²) in [4.78, 5) is 41.0. The number of carbonyl (C=O) groups excluding carboxylic acids is 2. The molecule has 0 aromatic heterocycles. The van der Waals surface area contributed by atoms with E-state index in [9.17, 15) is 19.5 Å². The van der Waals surface area contributed by atoms with Crippen molar-refractivity contribution in [1.82, 2.24) is 15.1 Å². The fourth-order valence-corrected chi connectivity index (χ4v) is 4.32. The Morgan fingerprint density at radius 2 is 1.61 bits per heavy atom. The van der Waals surface area contributed by atoms with Gasteiger partial charge >= 0.3 is 12.0 Å². The molecular formula is C26H41N3O4. The smallest absolute Gasteiger partial charge is 0.336 e. The lowest BCUT2D eigenvalue weighted by molar-refractivity contribution is -0.124. The summed E-state index contributed by atoms with van der Waals surface area (Å²) >= 11 is 0. The maximum atomic E-state index is 13.2. The van der Waals surface area contributed by atoms with E-state index in [1.807, 2.05) is 0 Å². The number of benzene rings is 1. The van der Waals surface area contributed by atoms with Gasteiger partial charge in [-0.25, -0.2) is 9.59 Å². The number of carboxylic acid groups (broad SMARTS) is 1. The molecular weight excluding hydrogens is 418 g/mol. The molecule has 1 atom stereocenters. The van der Waals surface area contributed by atoms with E-state index in [4.69, 9.17) is 0 Å². The van der Waals surface area contributed by atoms with Gasteiger partial charge in [-0.15, -0.1) is 0 Å². The van der Waals surface area contributed by atoms with Crippen LogP contribution in [0.3, 0.4) is 0 Å². The zero-order valence-electron chi connectivity index (χ0n) is 20.4. The number of unbranched alkanes of at least 4 members (excludes halogenated alkanes) is 8. The lowest BCUT2D eigenvalue weighted by Crippen LogP contribution is -2.46. The molecule has 7 nitrogen and oxygen atoms in total. The Bertz CT molecular complexity index is 768. The highest BCUT2D eigenvalue weighted by atomic mass is 16.4. The third-order valence-electron chi connectivity index (χ3n) is 6.28. The lowest BCUT2D eigenvalue weighted by atomic mass is 10.1.